The van der Waals surface area contributed by atoms with Crippen molar-refractivity contribution < 1.29 is 13.2 Å². The number of hydrogen-bond donors (Lipinski definition) is 2. The van der Waals surface area contributed by atoms with E-state index in [1.165, 1.54) is 12.1 Å². The van der Waals surface area contributed by atoms with Crippen molar-refractivity contribution in [3.05, 3.63) is 45.8 Å². The predicted octanol–water partition coefficient (Wildman–Crippen LogP) is 2.97. The first-order valence-electron chi connectivity index (χ1n) is 5.68. The standard InChI is InChI=1S/C12H10Cl2N2O3S2/c13-8-3-1-2-4-9(8)16-11(17)7-15-21(18,19)12-6-5-10(14)20-12/h1-6,15H,7H2,(H,16,17). The van der Waals surface area contributed by atoms with Crippen molar-refractivity contribution in [1.82, 2.24) is 4.72 Å². The van der Waals surface area contributed by atoms with Crippen LogP contribution in [-0.4, -0.2) is 20.9 Å². The summed E-state index contributed by atoms with van der Waals surface area (Å²) in [6.07, 6.45) is 0. The number of nitrogens with one attached hydrogen (secondary N) is 2. The van der Waals surface area contributed by atoms with Gasteiger partial charge in [0, 0.05) is 0 Å². The molecule has 2 N–H and O–H groups in total. The van der Waals surface area contributed by atoms with E-state index in [0.29, 0.717) is 15.0 Å². The van der Waals surface area contributed by atoms with Crippen LogP contribution in [0.5, 0.6) is 0 Å². The van der Waals surface area contributed by atoms with Crippen LogP contribution in [-0.2, 0) is 14.8 Å². The summed E-state index contributed by atoms with van der Waals surface area (Å²) in [5, 5.41) is 2.89. The minimum atomic E-state index is -3.75. The Labute approximate surface area is 135 Å². The van der Waals surface area contributed by atoms with Crippen LogP contribution in [0.2, 0.25) is 9.36 Å². The quantitative estimate of drug-likeness (QED) is 0.856. The molecule has 2 aromatic rings. The van der Waals surface area contributed by atoms with Crippen LogP contribution in [0, 0.1) is 0 Å². The summed E-state index contributed by atoms with van der Waals surface area (Å²) in [6, 6.07) is 9.52. The Morgan fingerprint density at radius 3 is 2.48 bits per heavy atom. The smallest absolute Gasteiger partial charge is 0.250 e. The molecule has 21 heavy (non-hydrogen) atoms. The summed E-state index contributed by atoms with van der Waals surface area (Å²) in [7, 11) is -3.75. The molecule has 1 aromatic carbocycles. The number of benzene rings is 1. The van der Waals surface area contributed by atoms with Gasteiger partial charge < -0.3 is 5.32 Å². The molecule has 0 unspecified atom stereocenters. The molecule has 0 aliphatic rings. The Hall–Kier alpha value is -1.12. The Balaban J connectivity index is 1.97. The van der Waals surface area contributed by atoms with E-state index in [0.717, 1.165) is 11.3 Å². The highest BCUT2D eigenvalue weighted by molar-refractivity contribution is 7.91. The highest BCUT2D eigenvalue weighted by atomic mass is 35.5. The van der Waals surface area contributed by atoms with E-state index in [1.54, 1.807) is 24.3 Å². The molecule has 0 aliphatic carbocycles. The first-order valence-corrected chi connectivity index (χ1v) is 8.73. The fraction of sp³-hybridized carbons (Fsp3) is 0.0833. The summed E-state index contributed by atoms with van der Waals surface area (Å²) in [5.41, 5.74) is 0.419. The van der Waals surface area contributed by atoms with Crippen LogP contribution >= 0.6 is 34.5 Å². The van der Waals surface area contributed by atoms with Crippen molar-refractivity contribution in [2.24, 2.45) is 0 Å². The van der Waals surface area contributed by atoms with Gasteiger partial charge in [-0.15, -0.1) is 11.3 Å². The number of halogens is 2. The van der Waals surface area contributed by atoms with Gasteiger partial charge in [0.05, 0.1) is 21.6 Å². The first kappa shape index (κ1) is 16.3. The van der Waals surface area contributed by atoms with Crippen molar-refractivity contribution in [3.63, 3.8) is 0 Å². The van der Waals surface area contributed by atoms with E-state index in [-0.39, 0.29) is 4.21 Å². The number of rotatable bonds is 5. The molecule has 5 nitrogen and oxygen atoms in total. The minimum Gasteiger partial charge on any atom is -0.324 e. The lowest BCUT2D eigenvalue weighted by molar-refractivity contribution is -0.115. The molecule has 1 aromatic heterocycles. The lowest BCUT2D eigenvalue weighted by Crippen LogP contribution is -2.32. The van der Waals surface area contributed by atoms with Gasteiger partial charge in [0.25, 0.3) is 10.0 Å². The maximum atomic E-state index is 11.9. The number of carbonyl (C=O) groups excluding carboxylic acids is 1. The third-order valence-corrected chi connectivity index (χ3v) is 5.84. The molecule has 0 atom stereocenters. The van der Waals surface area contributed by atoms with E-state index in [9.17, 15) is 13.2 Å². The number of sulfonamides is 1. The van der Waals surface area contributed by atoms with Gasteiger partial charge >= 0.3 is 0 Å². The van der Waals surface area contributed by atoms with Gasteiger partial charge in [-0.3, -0.25) is 4.79 Å². The van der Waals surface area contributed by atoms with Gasteiger partial charge in [-0.05, 0) is 24.3 Å². The largest absolute Gasteiger partial charge is 0.324 e. The van der Waals surface area contributed by atoms with E-state index in [4.69, 9.17) is 23.2 Å². The van der Waals surface area contributed by atoms with Crippen LogP contribution in [0.3, 0.4) is 0 Å². The summed E-state index contributed by atoms with van der Waals surface area (Å²) in [6.45, 7) is -0.400. The van der Waals surface area contributed by atoms with Crippen LogP contribution < -0.4 is 10.0 Å². The van der Waals surface area contributed by atoms with Crippen molar-refractivity contribution in [3.8, 4) is 0 Å². The van der Waals surface area contributed by atoms with Crippen LogP contribution in [0.25, 0.3) is 0 Å². The minimum absolute atomic E-state index is 0.0537. The van der Waals surface area contributed by atoms with Gasteiger partial charge in [0.15, 0.2) is 0 Å². The second kappa shape index (κ2) is 6.76. The van der Waals surface area contributed by atoms with Crippen molar-refractivity contribution in [2.45, 2.75) is 4.21 Å². The molecule has 9 heteroatoms. The number of anilines is 1. The molecule has 1 heterocycles. The van der Waals surface area contributed by atoms with E-state index in [2.05, 4.69) is 10.0 Å². The third kappa shape index (κ3) is 4.42. The van der Waals surface area contributed by atoms with Gasteiger partial charge in [-0.1, -0.05) is 35.3 Å². The first-order chi connectivity index (χ1) is 9.88. The third-order valence-electron chi connectivity index (χ3n) is 2.38. The van der Waals surface area contributed by atoms with Crippen LogP contribution in [0.1, 0.15) is 0 Å². The molecule has 0 saturated carbocycles. The Morgan fingerprint density at radius 2 is 1.86 bits per heavy atom. The molecule has 112 valence electrons. The van der Waals surface area contributed by atoms with Crippen molar-refractivity contribution >= 4 is 56.2 Å². The molecule has 0 spiro atoms. The number of hydrogen-bond acceptors (Lipinski definition) is 4. The molecular weight excluding hydrogens is 355 g/mol. The summed E-state index contributed by atoms with van der Waals surface area (Å²) < 4.78 is 26.4. The highest BCUT2D eigenvalue weighted by Crippen LogP contribution is 2.25. The van der Waals surface area contributed by atoms with Crippen molar-refractivity contribution in [1.29, 1.82) is 0 Å². The number of para-hydroxylation sites is 1. The Bertz CT molecular complexity index is 759. The zero-order valence-corrected chi connectivity index (χ0v) is 13.6. The molecule has 1 amide bonds. The molecule has 0 saturated heterocycles. The van der Waals surface area contributed by atoms with E-state index in [1.807, 2.05) is 0 Å². The number of thiophene rings is 1. The van der Waals surface area contributed by atoms with Crippen LogP contribution in [0.15, 0.2) is 40.6 Å². The highest BCUT2D eigenvalue weighted by Gasteiger charge is 2.18. The second-order valence-corrected chi connectivity index (χ2v) is 8.03. The zero-order chi connectivity index (χ0) is 15.5. The van der Waals surface area contributed by atoms with Gasteiger partial charge in [-0.25, -0.2) is 13.1 Å². The lowest BCUT2D eigenvalue weighted by Gasteiger charge is -2.07. The predicted molar refractivity (Wildman–Crippen MR) is 84.6 cm³/mol. The average molecular weight is 365 g/mol. The maximum Gasteiger partial charge on any atom is 0.250 e. The SMILES string of the molecule is O=C(CNS(=O)(=O)c1ccc(Cl)s1)Nc1ccccc1Cl. The van der Waals surface area contributed by atoms with E-state index < -0.39 is 22.5 Å². The lowest BCUT2D eigenvalue weighted by atomic mass is 10.3. The van der Waals surface area contributed by atoms with Crippen molar-refractivity contribution in [2.75, 3.05) is 11.9 Å². The van der Waals surface area contributed by atoms with Gasteiger partial charge in [0.1, 0.15) is 4.21 Å². The molecule has 0 radical (unpaired) electrons. The van der Waals surface area contributed by atoms with Crippen LogP contribution in [0.4, 0.5) is 5.69 Å². The Morgan fingerprint density at radius 1 is 1.14 bits per heavy atom. The monoisotopic (exact) mass is 364 g/mol. The zero-order valence-electron chi connectivity index (χ0n) is 10.5. The summed E-state index contributed by atoms with van der Waals surface area (Å²) >= 11 is 12.5. The molecule has 0 aliphatic heterocycles. The molecule has 0 bridgehead atoms. The summed E-state index contributed by atoms with van der Waals surface area (Å²) in [4.78, 5) is 11.7. The van der Waals surface area contributed by atoms with E-state index >= 15 is 0 Å². The number of amides is 1. The molecular formula is C12H10Cl2N2O3S2. The van der Waals surface area contributed by atoms with Gasteiger partial charge in [-0.2, -0.15) is 0 Å². The fourth-order valence-electron chi connectivity index (χ4n) is 1.43. The van der Waals surface area contributed by atoms with Gasteiger partial charge in [0.2, 0.25) is 5.91 Å². The second-order valence-electron chi connectivity index (χ2n) is 3.91. The average Bonchev–Trinajstić information content (AvgIpc) is 2.87. The fourth-order valence-corrected chi connectivity index (χ4v) is 4.12. The Kier molecular flexibility index (Phi) is 5.23. The summed E-state index contributed by atoms with van der Waals surface area (Å²) in [5.74, 6) is -0.519. The maximum absolute atomic E-state index is 11.9. The molecule has 0 fully saturated rings. The molecule has 2 rings (SSSR count). The number of carbonyl (C=O) groups is 1. The normalized spacial score (nSPS) is 11.3. The topological polar surface area (TPSA) is 75.3 Å².